The van der Waals surface area contributed by atoms with Crippen LogP contribution in [-0.2, 0) is 9.53 Å². The third kappa shape index (κ3) is 4.65. The molecular formula is C25H26FN7O5. The highest BCUT2D eigenvalue weighted by atomic mass is 19.1. The van der Waals surface area contributed by atoms with Crippen LogP contribution in [0.5, 0.6) is 0 Å². The van der Waals surface area contributed by atoms with Gasteiger partial charge in [-0.15, -0.1) is 0 Å². The Morgan fingerprint density at radius 2 is 2.08 bits per heavy atom. The molecule has 1 unspecified atom stereocenters. The standard InChI is InChI=1S/C25H26FN7O5/c1-28-23(36)20-18(34)19(35)25(38-20)33-12-29-17-21(27)30-16(31-22(17)33)9-4-10-32(15-7-3-8-15)24(37)13-5-2-6-14(26)11-13/h2,5-6,11-12,15,18-20,25,34-35H,3,7-8,10H2,1H3,(H,28,36)(H2,27,30,31)/t18?,19-,20+,25-/m1/s1. The van der Waals surface area contributed by atoms with Crippen molar-refractivity contribution in [2.24, 2.45) is 0 Å². The van der Waals surface area contributed by atoms with E-state index < -0.39 is 36.3 Å². The maximum Gasteiger partial charge on any atom is 0.254 e. The summed E-state index contributed by atoms with van der Waals surface area (Å²) in [6.07, 6.45) is -1.37. The number of likely N-dealkylation sites (N-methyl/N-ethyl adjacent to an activating group) is 1. The molecule has 5 rings (SSSR count). The molecule has 0 spiro atoms. The Morgan fingerprint density at radius 3 is 2.76 bits per heavy atom. The molecule has 38 heavy (non-hydrogen) atoms. The minimum atomic E-state index is -1.47. The van der Waals surface area contributed by atoms with Crippen molar-refractivity contribution in [2.75, 3.05) is 19.3 Å². The fourth-order valence-corrected chi connectivity index (χ4v) is 4.48. The van der Waals surface area contributed by atoms with E-state index in [1.807, 2.05) is 0 Å². The van der Waals surface area contributed by atoms with Gasteiger partial charge in [0.2, 0.25) is 5.82 Å². The van der Waals surface area contributed by atoms with Crippen LogP contribution in [-0.4, -0.2) is 84.4 Å². The first-order valence-corrected chi connectivity index (χ1v) is 12.1. The lowest BCUT2D eigenvalue weighted by atomic mass is 9.91. The van der Waals surface area contributed by atoms with Crippen LogP contribution in [0.3, 0.4) is 0 Å². The van der Waals surface area contributed by atoms with Crippen LogP contribution in [0.25, 0.3) is 11.2 Å². The Hall–Kier alpha value is -4.12. The number of hydrogen-bond acceptors (Lipinski definition) is 9. The second kappa shape index (κ2) is 10.3. The third-order valence-corrected chi connectivity index (χ3v) is 6.76. The van der Waals surface area contributed by atoms with Crippen molar-refractivity contribution in [1.29, 1.82) is 0 Å². The van der Waals surface area contributed by atoms with Crippen molar-refractivity contribution < 1.29 is 28.9 Å². The molecule has 1 aliphatic heterocycles. The van der Waals surface area contributed by atoms with E-state index in [4.69, 9.17) is 10.5 Å². The zero-order chi connectivity index (χ0) is 27.0. The lowest BCUT2D eigenvalue weighted by Gasteiger charge is -2.36. The summed E-state index contributed by atoms with van der Waals surface area (Å²) in [6, 6.07) is 5.54. The van der Waals surface area contributed by atoms with E-state index in [-0.39, 0.29) is 46.9 Å². The number of imidazole rings is 1. The van der Waals surface area contributed by atoms with Crippen molar-refractivity contribution in [3.63, 3.8) is 0 Å². The topological polar surface area (TPSA) is 169 Å². The number of hydrogen-bond donors (Lipinski definition) is 4. The van der Waals surface area contributed by atoms with E-state index >= 15 is 0 Å². The zero-order valence-corrected chi connectivity index (χ0v) is 20.4. The molecule has 2 aromatic heterocycles. The van der Waals surface area contributed by atoms with Gasteiger partial charge in [0.25, 0.3) is 11.8 Å². The van der Waals surface area contributed by atoms with Crippen LogP contribution in [0.4, 0.5) is 10.2 Å². The maximum absolute atomic E-state index is 13.7. The molecule has 4 atom stereocenters. The number of benzene rings is 1. The first kappa shape index (κ1) is 25.5. The fourth-order valence-electron chi connectivity index (χ4n) is 4.48. The van der Waals surface area contributed by atoms with Crippen molar-refractivity contribution in [2.45, 2.75) is 49.8 Å². The first-order chi connectivity index (χ1) is 18.3. The molecule has 1 saturated heterocycles. The van der Waals surface area contributed by atoms with E-state index in [2.05, 4.69) is 32.1 Å². The average molecular weight is 524 g/mol. The first-order valence-electron chi connectivity index (χ1n) is 12.1. The number of anilines is 1. The molecule has 3 heterocycles. The van der Waals surface area contributed by atoms with Gasteiger partial charge in [0.15, 0.2) is 23.8 Å². The number of nitrogens with zero attached hydrogens (tertiary/aromatic N) is 5. The van der Waals surface area contributed by atoms with E-state index in [9.17, 15) is 24.2 Å². The van der Waals surface area contributed by atoms with Crippen molar-refractivity contribution in [3.05, 3.63) is 47.8 Å². The number of aliphatic hydroxyl groups excluding tert-OH is 2. The molecule has 2 aliphatic rings. The molecule has 12 nitrogen and oxygen atoms in total. The summed E-state index contributed by atoms with van der Waals surface area (Å²) in [6.45, 7) is 0.0744. The molecule has 0 radical (unpaired) electrons. The summed E-state index contributed by atoms with van der Waals surface area (Å²) in [5.74, 6) is 4.40. The zero-order valence-electron chi connectivity index (χ0n) is 20.4. The van der Waals surface area contributed by atoms with Crippen LogP contribution in [0, 0.1) is 17.7 Å². The molecule has 0 bridgehead atoms. The summed E-state index contributed by atoms with van der Waals surface area (Å²) in [4.78, 5) is 39.4. The molecule has 1 saturated carbocycles. The van der Waals surface area contributed by atoms with Gasteiger partial charge in [-0.05, 0) is 43.4 Å². The van der Waals surface area contributed by atoms with E-state index in [0.29, 0.717) is 0 Å². The molecule has 1 aliphatic carbocycles. The largest absolute Gasteiger partial charge is 0.387 e. The van der Waals surface area contributed by atoms with Gasteiger partial charge < -0.3 is 30.9 Å². The molecule has 13 heteroatoms. The minimum absolute atomic E-state index is 0.00987. The number of halogens is 1. The van der Waals surface area contributed by atoms with Crippen LogP contribution < -0.4 is 11.1 Å². The van der Waals surface area contributed by atoms with Crippen molar-refractivity contribution >= 4 is 28.8 Å². The number of carbonyl (C=O) groups is 2. The number of rotatable bonds is 5. The molecule has 198 valence electrons. The second-order valence-corrected chi connectivity index (χ2v) is 9.13. The predicted molar refractivity (Wildman–Crippen MR) is 132 cm³/mol. The monoisotopic (exact) mass is 523 g/mol. The molecular weight excluding hydrogens is 497 g/mol. The van der Waals surface area contributed by atoms with Gasteiger partial charge in [0.05, 0.1) is 12.9 Å². The van der Waals surface area contributed by atoms with Gasteiger partial charge in [-0.1, -0.05) is 12.0 Å². The average Bonchev–Trinajstić information content (AvgIpc) is 3.42. The molecule has 5 N–H and O–H groups in total. The molecule has 1 aromatic carbocycles. The Balaban J connectivity index is 1.41. The summed E-state index contributed by atoms with van der Waals surface area (Å²) >= 11 is 0. The summed E-state index contributed by atoms with van der Waals surface area (Å²) < 4.78 is 20.6. The highest BCUT2D eigenvalue weighted by Crippen LogP contribution is 2.32. The normalized spacial score (nSPS) is 22.9. The lowest BCUT2D eigenvalue weighted by Crippen LogP contribution is -2.44. The van der Waals surface area contributed by atoms with Gasteiger partial charge in [0.1, 0.15) is 23.5 Å². The van der Waals surface area contributed by atoms with Crippen LogP contribution in [0.1, 0.15) is 41.7 Å². The molecule has 3 aromatic rings. The van der Waals surface area contributed by atoms with E-state index in [0.717, 1.165) is 19.3 Å². The highest BCUT2D eigenvalue weighted by Gasteiger charge is 2.47. The molecule has 2 amide bonds. The van der Waals surface area contributed by atoms with Gasteiger partial charge in [-0.2, -0.15) is 0 Å². The van der Waals surface area contributed by atoms with Gasteiger partial charge in [0, 0.05) is 18.7 Å². The fraction of sp³-hybridized carbons (Fsp3) is 0.400. The SMILES string of the molecule is CNC(=O)[C@H]1O[C@@H](n2cnc3c(N)nc(C#CCN(C(=O)c4cccc(F)c4)C4CCC4)nc32)[C@H](O)C1O. The van der Waals surface area contributed by atoms with Gasteiger partial charge in [-0.3, -0.25) is 14.2 Å². The summed E-state index contributed by atoms with van der Waals surface area (Å²) in [5.41, 5.74) is 6.72. The third-order valence-electron chi connectivity index (χ3n) is 6.76. The lowest BCUT2D eigenvalue weighted by molar-refractivity contribution is -0.137. The van der Waals surface area contributed by atoms with E-state index in [1.165, 1.54) is 36.1 Å². The maximum atomic E-state index is 13.7. The molecule has 2 fully saturated rings. The van der Waals surface area contributed by atoms with Gasteiger partial charge >= 0.3 is 0 Å². The van der Waals surface area contributed by atoms with Crippen molar-refractivity contribution in [1.82, 2.24) is 29.7 Å². The van der Waals surface area contributed by atoms with Crippen LogP contribution >= 0.6 is 0 Å². The van der Waals surface area contributed by atoms with Crippen molar-refractivity contribution in [3.8, 4) is 11.8 Å². The number of ether oxygens (including phenoxy) is 1. The number of nitrogens with one attached hydrogen (secondary N) is 1. The number of fused-ring (bicyclic) bond motifs is 1. The quantitative estimate of drug-likeness (QED) is 0.335. The number of nitrogens with two attached hydrogens (primary N) is 1. The Morgan fingerprint density at radius 1 is 1.29 bits per heavy atom. The Labute approximate surface area is 216 Å². The predicted octanol–water partition coefficient (Wildman–Crippen LogP) is -0.0408. The Bertz CT molecular complexity index is 1450. The second-order valence-electron chi connectivity index (χ2n) is 9.13. The summed E-state index contributed by atoms with van der Waals surface area (Å²) in [5, 5.41) is 23.2. The number of aliphatic hydroxyl groups is 2. The Kier molecular flexibility index (Phi) is 6.94. The minimum Gasteiger partial charge on any atom is -0.387 e. The van der Waals surface area contributed by atoms with Gasteiger partial charge in [-0.25, -0.2) is 19.3 Å². The number of nitrogen functional groups attached to an aromatic ring is 1. The van der Waals surface area contributed by atoms with E-state index in [1.54, 1.807) is 11.0 Å². The number of carbonyl (C=O) groups excluding carboxylic acids is 2. The highest BCUT2D eigenvalue weighted by molar-refractivity contribution is 5.94. The smallest absolute Gasteiger partial charge is 0.254 e. The summed E-state index contributed by atoms with van der Waals surface area (Å²) in [7, 11) is 1.39. The number of amides is 2. The van der Waals surface area contributed by atoms with Crippen LogP contribution in [0.15, 0.2) is 30.6 Å². The number of aromatic nitrogens is 4. The van der Waals surface area contributed by atoms with Crippen LogP contribution in [0.2, 0.25) is 0 Å².